The van der Waals surface area contributed by atoms with Gasteiger partial charge in [0.15, 0.2) is 0 Å². The smallest absolute Gasteiger partial charge is 0.407 e. The molecular weight excluding hydrogens is 428 g/mol. The first-order valence-corrected chi connectivity index (χ1v) is 10.7. The minimum atomic E-state index is -1.20. The number of hydrogen-bond donors (Lipinski definition) is 5. The van der Waals surface area contributed by atoms with Crippen molar-refractivity contribution >= 4 is 18.0 Å². The maximum absolute atomic E-state index is 12.6. The standard InChI is InChI=1S/C24H28N2O7/c1-14(28)21(12-27)25-23(31)20(10-11-22(29)30)26-24(32)33-13-19-17-8-4-2-6-15(17)16-7-3-5-9-18(16)19/h2-9,14,19-21,27-28H,10-13H2,1H3,(H,25,31)(H,26,32)(H,29,30)/t14-,20?,21-/m1/s1. The number of amides is 2. The number of carboxylic acids is 1. The second-order valence-electron chi connectivity index (χ2n) is 7.99. The van der Waals surface area contributed by atoms with Gasteiger partial charge in [-0.25, -0.2) is 4.79 Å². The first-order valence-electron chi connectivity index (χ1n) is 10.7. The molecule has 0 aromatic heterocycles. The summed E-state index contributed by atoms with van der Waals surface area (Å²) >= 11 is 0. The number of aliphatic carboxylic acids is 1. The van der Waals surface area contributed by atoms with Crippen molar-refractivity contribution in [1.29, 1.82) is 0 Å². The van der Waals surface area contributed by atoms with Crippen LogP contribution in [-0.2, 0) is 14.3 Å². The number of rotatable bonds is 10. The third-order valence-electron chi connectivity index (χ3n) is 5.71. The number of hydrogen-bond acceptors (Lipinski definition) is 6. The average molecular weight is 456 g/mol. The zero-order chi connectivity index (χ0) is 24.0. The third-order valence-corrected chi connectivity index (χ3v) is 5.71. The summed E-state index contributed by atoms with van der Waals surface area (Å²) in [5.41, 5.74) is 4.23. The van der Waals surface area contributed by atoms with Crippen LogP contribution < -0.4 is 10.6 Å². The summed E-state index contributed by atoms with van der Waals surface area (Å²) in [7, 11) is 0. The second-order valence-corrected chi connectivity index (χ2v) is 7.99. The number of carboxylic acid groups (broad SMARTS) is 1. The Bertz CT molecular complexity index is 962. The van der Waals surface area contributed by atoms with Gasteiger partial charge in [-0.05, 0) is 35.6 Å². The number of nitrogens with one attached hydrogen (secondary N) is 2. The lowest BCUT2D eigenvalue weighted by Gasteiger charge is -2.23. The minimum Gasteiger partial charge on any atom is -0.481 e. The highest BCUT2D eigenvalue weighted by atomic mass is 16.5. The van der Waals surface area contributed by atoms with Crippen molar-refractivity contribution in [3.63, 3.8) is 0 Å². The fourth-order valence-electron chi connectivity index (χ4n) is 3.92. The minimum absolute atomic E-state index is 0.0417. The molecule has 0 saturated carbocycles. The maximum Gasteiger partial charge on any atom is 0.407 e. The lowest BCUT2D eigenvalue weighted by Crippen LogP contribution is -2.53. The van der Waals surface area contributed by atoms with Gasteiger partial charge in [0.25, 0.3) is 0 Å². The van der Waals surface area contributed by atoms with E-state index in [2.05, 4.69) is 10.6 Å². The molecule has 2 aromatic carbocycles. The molecule has 0 heterocycles. The number of aliphatic hydroxyl groups is 2. The molecule has 5 N–H and O–H groups in total. The predicted octanol–water partition coefficient (Wildman–Crippen LogP) is 1.62. The molecule has 0 saturated heterocycles. The van der Waals surface area contributed by atoms with Crippen LogP contribution in [0.25, 0.3) is 11.1 Å². The molecule has 0 spiro atoms. The zero-order valence-electron chi connectivity index (χ0n) is 18.2. The van der Waals surface area contributed by atoms with Crippen LogP contribution in [0, 0.1) is 0 Å². The Labute approximate surface area is 191 Å². The van der Waals surface area contributed by atoms with E-state index < -0.39 is 42.8 Å². The molecule has 0 aliphatic heterocycles. The summed E-state index contributed by atoms with van der Waals surface area (Å²) in [6.07, 6.45) is -2.43. The molecule has 0 bridgehead atoms. The molecule has 0 fully saturated rings. The van der Waals surface area contributed by atoms with Gasteiger partial charge in [0.05, 0.1) is 18.8 Å². The van der Waals surface area contributed by atoms with Crippen molar-refractivity contribution in [3.05, 3.63) is 59.7 Å². The number of ether oxygens (including phenoxy) is 1. The van der Waals surface area contributed by atoms with E-state index in [1.165, 1.54) is 6.92 Å². The monoisotopic (exact) mass is 456 g/mol. The second kappa shape index (κ2) is 10.9. The number of fused-ring (bicyclic) bond motifs is 3. The molecule has 2 amide bonds. The fourth-order valence-corrected chi connectivity index (χ4v) is 3.92. The van der Waals surface area contributed by atoms with Crippen molar-refractivity contribution in [2.45, 2.75) is 43.9 Å². The van der Waals surface area contributed by atoms with Gasteiger partial charge >= 0.3 is 12.1 Å². The molecule has 1 aliphatic carbocycles. The molecule has 176 valence electrons. The zero-order valence-corrected chi connectivity index (χ0v) is 18.2. The molecule has 3 atom stereocenters. The van der Waals surface area contributed by atoms with Crippen LogP contribution in [0.15, 0.2) is 48.5 Å². The van der Waals surface area contributed by atoms with Gasteiger partial charge in [-0.3, -0.25) is 9.59 Å². The number of carbonyl (C=O) groups excluding carboxylic acids is 2. The molecule has 2 aromatic rings. The highest BCUT2D eigenvalue weighted by molar-refractivity contribution is 5.86. The van der Waals surface area contributed by atoms with Gasteiger partial charge in [0, 0.05) is 12.3 Å². The SMILES string of the molecule is C[C@@H](O)[C@@H](CO)NC(=O)C(CCC(=O)O)NC(=O)OCC1c2ccccc2-c2ccccc21. The maximum atomic E-state index is 12.6. The fraction of sp³-hybridized carbons (Fsp3) is 0.375. The van der Waals surface area contributed by atoms with Crippen LogP contribution in [0.3, 0.4) is 0 Å². The largest absolute Gasteiger partial charge is 0.481 e. The first-order chi connectivity index (χ1) is 15.8. The molecule has 33 heavy (non-hydrogen) atoms. The lowest BCUT2D eigenvalue weighted by atomic mass is 9.98. The average Bonchev–Trinajstić information content (AvgIpc) is 3.12. The summed E-state index contributed by atoms with van der Waals surface area (Å²) in [5, 5.41) is 32.7. The molecule has 1 unspecified atom stereocenters. The highest BCUT2D eigenvalue weighted by Crippen LogP contribution is 2.44. The van der Waals surface area contributed by atoms with Crippen molar-refractivity contribution in [2.24, 2.45) is 0 Å². The topological polar surface area (TPSA) is 145 Å². The Morgan fingerprint density at radius 1 is 1.00 bits per heavy atom. The molecule has 9 nitrogen and oxygen atoms in total. The van der Waals surface area contributed by atoms with E-state index in [4.69, 9.17) is 9.84 Å². The number of benzene rings is 2. The summed E-state index contributed by atoms with van der Waals surface area (Å²) in [6, 6.07) is 13.6. The van der Waals surface area contributed by atoms with Gasteiger partial charge in [-0.15, -0.1) is 0 Å². The van der Waals surface area contributed by atoms with Crippen LogP contribution in [0.2, 0.25) is 0 Å². The molecule has 1 aliphatic rings. The van der Waals surface area contributed by atoms with E-state index in [1.807, 2.05) is 48.5 Å². The summed E-state index contributed by atoms with van der Waals surface area (Å²) in [4.78, 5) is 36.0. The first kappa shape index (κ1) is 24.2. The van der Waals surface area contributed by atoms with Gasteiger partial charge in [-0.1, -0.05) is 48.5 Å². The van der Waals surface area contributed by atoms with E-state index in [1.54, 1.807) is 0 Å². The van der Waals surface area contributed by atoms with Crippen LogP contribution in [-0.4, -0.2) is 64.7 Å². The normalized spacial score (nSPS) is 15.0. The van der Waals surface area contributed by atoms with E-state index in [0.29, 0.717) is 0 Å². The van der Waals surface area contributed by atoms with E-state index >= 15 is 0 Å². The quantitative estimate of drug-likeness (QED) is 0.365. The van der Waals surface area contributed by atoms with E-state index in [9.17, 15) is 24.6 Å². The Balaban J connectivity index is 1.66. The van der Waals surface area contributed by atoms with Crippen molar-refractivity contribution in [2.75, 3.05) is 13.2 Å². The van der Waals surface area contributed by atoms with Crippen molar-refractivity contribution < 1.29 is 34.4 Å². The van der Waals surface area contributed by atoms with Crippen LogP contribution in [0.5, 0.6) is 0 Å². The Kier molecular flexibility index (Phi) is 8.02. The molecule has 9 heteroatoms. The van der Waals surface area contributed by atoms with Gasteiger partial charge < -0.3 is 30.7 Å². The predicted molar refractivity (Wildman–Crippen MR) is 120 cm³/mol. The van der Waals surface area contributed by atoms with Crippen LogP contribution in [0.1, 0.15) is 36.8 Å². The summed E-state index contributed by atoms with van der Waals surface area (Å²) in [5.74, 6) is -2.01. The summed E-state index contributed by atoms with van der Waals surface area (Å²) < 4.78 is 5.43. The van der Waals surface area contributed by atoms with Gasteiger partial charge in [-0.2, -0.15) is 0 Å². The number of carbonyl (C=O) groups is 3. The van der Waals surface area contributed by atoms with Crippen LogP contribution in [0.4, 0.5) is 4.79 Å². The van der Waals surface area contributed by atoms with E-state index in [-0.39, 0.29) is 25.4 Å². The van der Waals surface area contributed by atoms with Gasteiger partial charge in [0.2, 0.25) is 5.91 Å². The van der Waals surface area contributed by atoms with Gasteiger partial charge in [0.1, 0.15) is 12.6 Å². The Hall–Kier alpha value is -3.43. The van der Waals surface area contributed by atoms with Crippen molar-refractivity contribution in [1.82, 2.24) is 10.6 Å². The van der Waals surface area contributed by atoms with E-state index in [0.717, 1.165) is 22.3 Å². The van der Waals surface area contributed by atoms with Crippen molar-refractivity contribution in [3.8, 4) is 11.1 Å². The third kappa shape index (κ3) is 5.88. The molecular formula is C24H28N2O7. The Morgan fingerprint density at radius 2 is 1.58 bits per heavy atom. The van der Waals surface area contributed by atoms with Crippen LogP contribution >= 0.6 is 0 Å². The number of alkyl carbamates (subject to hydrolysis) is 1. The highest BCUT2D eigenvalue weighted by Gasteiger charge is 2.30. The number of aliphatic hydroxyl groups excluding tert-OH is 2. The lowest BCUT2D eigenvalue weighted by molar-refractivity contribution is -0.137. The Morgan fingerprint density at radius 3 is 2.09 bits per heavy atom. The molecule has 3 rings (SSSR count). The summed E-state index contributed by atoms with van der Waals surface area (Å²) in [6.45, 7) is 0.923. The molecule has 0 radical (unpaired) electrons.